The lowest BCUT2D eigenvalue weighted by Gasteiger charge is -2.36. The molecule has 4 fully saturated rings. The molecule has 0 amide bonds. The molecule has 0 atom stereocenters. The third kappa shape index (κ3) is 18.9. The number of fused-ring (bicyclic) bond motifs is 5. The van der Waals surface area contributed by atoms with E-state index in [1.54, 1.807) is 16.7 Å². The maximum Gasteiger partial charge on any atom is 0.248 e. The van der Waals surface area contributed by atoms with Gasteiger partial charge in [0.1, 0.15) is 0 Å². The van der Waals surface area contributed by atoms with E-state index < -0.39 is 5.92 Å². The minimum absolute atomic E-state index is 0.0186. The molecule has 0 heterocycles. The van der Waals surface area contributed by atoms with E-state index >= 15 is 0 Å². The Hall–Kier alpha value is -6.64. The summed E-state index contributed by atoms with van der Waals surface area (Å²) in [6.45, 7) is 58.0. The minimum atomic E-state index is -2.47. The van der Waals surface area contributed by atoms with Gasteiger partial charge in [-0.05, 0) is 311 Å². The lowest BCUT2D eigenvalue weighted by atomic mass is 9.69. The van der Waals surface area contributed by atoms with Crippen molar-refractivity contribution in [2.45, 2.75) is 357 Å². The maximum atomic E-state index is 13.5. The minimum Gasteiger partial charge on any atom is -0.207 e. The van der Waals surface area contributed by atoms with Crippen molar-refractivity contribution in [2.75, 3.05) is 0 Å². The van der Waals surface area contributed by atoms with E-state index in [0.29, 0.717) is 18.3 Å². The van der Waals surface area contributed by atoms with Crippen molar-refractivity contribution in [3.63, 3.8) is 0 Å². The first kappa shape index (κ1) is 83.8. The third-order valence-corrected chi connectivity index (χ3v) is 26.7. The highest BCUT2D eigenvalue weighted by molar-refractivity contribution is 5.94. The van der Waals surface area contributed by atoms with Crippen LogP contribution in [0.1, 0.15) is 368 Å². The first-order valence-electron chi connectivity index (χ1n) is 42.6. The van der Waals surface area contributed by atoms with Gasteiger partial charge in [-0.2, -0.15) is 0 Å². The van der Waals surface area contributed by atoms with Crippen molar-refractivity contribution in [3.05, 3.63) is 235 Å². The van der Waals surface area contributed by atoms with Crippen LogP contribution >= 0.6 is 0 Å². The SMILES string of the molecule is CCC(C)(CC)c1cc(C(C)(C)C)c(C)c2ccccc12.Cc1c(C(C)(C)C)cc(C2CCC(C)(C)CC2)c2ccccc12.Cc1c(C(C)(C)C)cc(C2CCC(F)(F)CC2)c2ccccc12.Cc1c(C(C)(C)C)cc(C2CCCC2)c2ccccc12.Cc1c(C(C)(C)C)cc(C2CCCCC2)c2ccccc12. The number of halogens is 2. The van der Waals surface area contributed by atoms with E-state index in [1.807, 2.05) is 0 Å². The van der Waals surface area contributed by atoms with Crippen LogP contribution in [0.25, 0.3) is 53.9 Å². The third-order valence-electron chi connectivity index (χ3n) is 26.7. The first-order chi connectivity index (χ1) is 50.6. The molecule has 0 radical (unpaired) electrons. The Morgan fingerprint density at radius 2 is 0.491 bits per heavy atom. The standard InChI is InChI=1S/C23H32.C21H26F2.C21H28.C21H30.C20H26/c1-16-18-9-7-8-10-19(18)20(15-21(16)22(2,3)4)17-11-13-23(5,6)14-12-17;1-14-16-7-5-6-8-17(16)18(13-19(14)20(2,3)4)15-9-11-21(22,23)12-10-15;1-15-17-12-8-9-13-18(17)19(14-20(15)21(2,3)4)16-10-6-5-7-11-16;1-8-21(7,9-2)19-14-18(20(4,5)6)15(3)16-12-10-11-13-17(16)19;1-14-16-11-7-8-12-17(16)18(15-9-5-6-10-15)13-19(14)20(2,3)4/h7-10,15,17H,11-14H2,1-6H3;5-8,13,15H,9-12H2,1-4H3;8-9,12-14,16H,5-7,10-11H2,1-4H3;10-14H,8-9H2,1-7H3;7-8,11-13,15H,5-6,9-10H2,1-4H3. The molecule has 10 aromatic carbocycles. The lowest BCUT2D eigenvalue weighted by Crippen LogP contribution is -2.24. The number of benzene rings is 10. The molecular formula is C106H142F2. The second-order valence-corrected chi connectivity index (χ2v) is 40.3. The summed E-state index contributed by atoms with van der Waals surface area (Å²) >= 11 is 0. The summed E-state index contributed by atoms with van der Waals surface area (Å²) in [5.74, 6) is 0.0620. The second kappa shape index (κ2) is 33.4. The van der Waals surface area contributed by atoms with Crippen molar-refractivity contribution in [1.82, 2.24) is 0 Å². The number of alkyl halides is 2. The summed E-state index contributed by atoms with van der Waals surface area (Å²) in [5, 5.41) is 14.2. The molecule has 0 saturated heterocycles. The van der Waals surface area contributed by atoms with Gasteiger partial charge in [0, 0.05) is 12.8 Å². The first-order valence-corrected chi connectivity index (χ1v) is 42.6. The predicted molar refractivity (Wildman–Crippen MR) is 473 cm³/mol. The van der Waals surface area contributed by atoms with Crippen LogP contribution in [0.3, 0.4) is 0 Å². The fourth-order valence-electron chi connectivity index (χ4n) is 19.8. The van der Waals surface area contributed by atoms with E-state index in [0.717, 1.165) is 17.8 Å². The van der Waals surface area contributed by atoms with Crippen LogP contribution in [0.4, 0.5) is 8.78 Å². The van der Waals surface area contributed by atoms with Crippen LogP contribution in [0, 0.1) is 40.0 Å². The van der Waals surface area contributed by atoms with Gasteiger partial charge in [0.25, 0.3) is 0 Å². The van der Waals surface area contributed by atoms with E-state index in [-0.39, 0.29) is 51.2 Å². The van der Waals surface area contributed by atoms with Crippen LogP contribution in [-0.4, -0.2) is 5.92 Å². The van der Waals surface area contributed by atoms with Gasteiger partial charge in [0.15, 0.2) is 0 Å². The number of hydrogen-bond acceptors (Lipinski definition) is 0. The summed E-state index contributed by atoms with van der Waals surface area (Å²) < 4.78 is 27.1. The van der Waals surface area contributed by atoms with E-state index in [9.17, 15) is 8.78 Å². The molecule has 2 heteroatoms. The molecule has 4 aliphatic rings. The van der Waals surface area contributed by atoms with Gasteiger partial charge in [-0.15, -0.1) is 0 Å². The molecule has 0 nitrogen and oxygen atoms in total. The van der Waals surface area contributed by atoms with Crippen molar-refractivity contribution in [2.24, 2.45) is 5.41 Å². The number of hydrogen-bond donors (Lipinski definition) is 0. The zero-order chi connectivity index (χ0) is 78.9. The van der Waals surface area contributed by atoms with Crippen molar-refractivity contribution in [1.29, 1.82) is 0 Å². The number of rotatable bonds is 7. The Morgan fingerprint density at radius 3 is 0.750 bits per heavy atom. The Kier molecular flexibility index (Phi) is 25.9. The quantitative estimate of drug-likeness (QED) is 0.149. The van der Waals surface area contributed by atoms with Gasteiger partial charge < -0.3 is 0 Å². The smallest absolute Gasteiger partial charge is 0.207 e. The summed E-state index contributed by atoms with van der Waals surface area (Å²) in [5.41, 5.74) is 23.9. The van der Waals surface area contributed by atoms with Crippen LogP contribution in [0.2, 0.25) is 0 Å². The molecule has 4 aliphatic carbocycles. The topological polar surface area (TPSA) is 0 Å². The molecule has 0 N–H and O–H groups in total. The van der Waals surface area contributed by atoms with Crippen LogP contribution in [0.15, 0.2) is 152 Å². The van der Waals surface area contributed by atoms with E-state index in [4.69, 9.17) is 0 Å². The normalized spacial score (nSPS) is 17.2. The van der Waals surface area contributed by atoms with Crippen molar-refractivity contribution in [3.8, 4) is 0 Å². The molecular weight excluding hydrogens is 1310 g/mol. The Bertz CT molecular complexity index is 4590. The van der Waals surface area contributed by atoms with Gasteiger partial charge >= 0.3 is 0 Å². The fourth-order valence-corrected chi connectivity index (χ4v) is 19.8. The molecule has 0 unspecified atom stereocenters. The average Bonchev–Trinajstić information content (AvgIpc) is 0.790. The Morgan fingerprint density at radius 1 is 0.278 bits per heavy atom. The molecule has 0 aliphatic heterocycles. The molecule has 0 bridgehead atoms. The van der Waals surface area contributed by atoms with E-state index in [1.165, 1.54) is 217 Å². The zero-order valence-corrected chi connectivity index (χ0v) is 72.4. The molecule has 580 valence electrons. The Balaban J connectivity index is 0.000000144. The van der Waals surface area contributed by atoms with Crippen LogP contribution in [0.5, 0.6) is 0 Å². The zero-order valence-electron chi connectivity index (χ0n) is 72.4. The highest BCUT2D eigenvalue weighted by Crippen LogP contribution is 2.50. The monoisotopic (exact) mass is 1450 g/mol. The van der Waals surface area contributed by atoms with Gasteiger partial charge in [0.2, 0.25) is 5.92 Å². The molecule has 4 saturated carbocycles. The van der Waals surface area contributed by atoms with Gasteiger partial charge in [-0.25, -0.2) is 8.78 Å². The largest absolute Gasteiger partial charge is 0.248 e. The van der Waals surface area contributed by atoms with Gasteiger partial charge in [0.05, 0.1) is 0 Å². The Labute approximate surface area is 656 Å². The van der Waals surface area contributed by atoms with Crippen LogP contribution < -0.4 is 0 Å². The summed E-state index contributed by atoms with van der Waals surface area (Å²) in [6, 6.07) is 56.8. The molecule has 0 spiro atoms. The maximum absolute atomic E-state index is 13.5. The predicted octanol–water partition coefficient (Wildman–Crippen LogP) is 33.0. The molecule has 10 aromatic rings. The number of aryl methyl sites for hydroxylation is 5. The summed E-state index contributed by atoms with van der Waals surface area (Å²) in [7, 11) is 0. The second-order valence-electron chi connectivity index (χ2n) is 40.3. The highest BCUT2D eigenvalue weighted by Gasteiger charge is 2.38. The summed E-state index contributed by atoms with van der Waals surface area (Å²) in [4.78, 5) is 0. The fraction of sp³-hybridized carbons (Fsp3) is 0.528. The molecule has 14 rings (SSSR count). The van der Waals surface area contributed by atoms with Gasteiger partial charge in [-0.1, -0.05) is 322 Å². The summed E-state index contributed by atoms with van der Waals surface area (Å²) in [6.07, 6.45) is 21.5. The lowest BCUT2D eigenvalue weighted by molar-refractivity contribution is -0.0381. The molecule has 108 heavy (non-hydrogen) atoms. The van der Waals surface area contributed by atoms with E-state index in [2.05, 4.69) is 325 Å². The van der Waals surface area contributed by atoms with Crippen molar-refractivity contribution >= 4 is 53.9 Å². The van der Waals surface area contributed by atoms with Crippen molar-refractivity contribution < 1.29 is 8.78 Å². The van der Waals surface area contributed by atoms with Gasteiger partial charge in [-0.3, -0.25) is 0 Å². The highest BCUT2D eigenvalue weighted by atomic mass is 19.3. The van der Waals surface area contributed by atoms with Crippen LogP contribution in [-0.2, 0) is 32.5 Å². The average molecular weight is 1450 g/mol. The molecule has 0 aromatic heterocycles.